The van der Waals surface area contributed by atoms with Gasteiger partial charge in [0.1, 0.15) is 11.3 Å². The Labute approximate surface area is 216 Å². The van der Waals surface area contributed by atoms with Crippen LogP contribution in [0.5, 0.6) is 5.75 Å². The number of ketones is 1. The van der Waals surface area contributed by atoms with E-state index in [2.05, 4.69) is 39.8 Å². The van der Waals surface area contributed by atoms with Crippen molar-refractivity contribution in [3.8, 4) is 5.75 Å². The Morgan fingerprint density at radius 3 is 2.47 bits per heavy atom. The van der Waals surface area contributed by atoms with Gasteiger partial charge in [0.25, 0.3) is 0 Å². The van der Waals surface area contributed by atoms with Gasteiger partial charge in [-0.05, 0) is 87.3 Å². The third-order valence-electron chi connectivity index (χ3n) is 7.04. The molecule has 1 atom stereocenters. The number of carboxylic acids is 1. The van der Waals surface area contributed by atoms with E-state index in [1.165, 1.54) is 49.7 Å². The summed E-state index contributed by atoms with van der Waals surface area (Å²) in [5.74, 6) is -1.06. The summed E-state index contributed by atoms with van der Waals surface area (Å²) in [6, 6.07) is 4.73. The number of hydrogen-bond donors (Lipinski definition) is 2. The maximum Gasteiger partial charge on any atom is 0.328 e. The standard InChI is InChI=1S/C31H41NO4/c1-8-31(32,29(34)35)26-20-24(15-17-28(26)36-7)27(33)19-22(3)12-9-11-21(2)14-16-25-23(4)13-10-18-30(25,5)6/h9,11-12,14-17,19-20H,8,10,13,18,32H2,1-7H3,(H,34,35)/b12-9+,16-14+,21-11+,22-19+. The third kappa shape index (κ3) is 6.94. The molecule has 5 nitrogen and oxygen atoms in total. The van der Waals surface area contributed by atoms with Crippen molar-refractivity contribution in [2.24, 2.45) is 11.1 Å². The molecule has 5 heteroatoms. The van der Waals surface area contributed by atoms with E-state index >= 15 is 0 Å². The van der Waals surface area contributed by atoms with Gasteiger partial charge < -0.3 is 15.6 Å². The molecule has 1 aliphatic carbocycles. The van der Waals surface area contributed by atoms with Crippen molar-refractivity contribution in [3.63, 3.8) is 0 Å². The highest BCUT2D eigenvalue weighted by Gasteiger charge is 2.37. The van der Waals surface area contributed by atoms with Crippen LogP contribution >= 0.6 is 0 Å². The second kappa shape index (κ2) is 12.2. The van der Waals surface area contributed by atoms with E-state index in [-0.39, 0.29) is 23.2 Å². The van der Waals surface area contributed by atoms with Crippen LogP contribution in [0.25, 0.3) is 0 Å². The molecule has 0 aliphatic heterocycles. The Balaban J connectivity index is 2.20. The number of nitrogens with two attached hydrogens (primary N) is 1. The maximum absolute atomic E-state index is 12.9. The number of hydrogen-bond acceptors (Lipinski definition) is 4. The van der Waals surface area contributed by atoms with Crippen LogP contribution in [-0.4, -0.2) is 24.0 Å². The first-order valence-corrected chi connectivity index (χ1v) is 12.5. The number of methoxy groups -OCH3 is 1. The van der Waals surface area contributed by atoms with E-state index in [4.69, 9.17) is 10.5 Å². The number of rotatable bonds is 10. The molecular weight excluding hydrogens is 450 g/mol. The summed E-state index contributed by atoms with van der Waals surface area (Å²) in [5.41, 5.74) is 10.2. The fourth-order valence-electron chi connectivity index (χ4n) is 4.64. The van der Waals surface area contributed by atoms with E-state index in [0.29, 0.717) is 11.3 Å². The molecule has 1 aromatic carbocycles. The number of carbonyl (C=O) groups is 2. The maximum atomic E-state index is 12.9. The van der Waals surface area contributed by atoms with Crippen LogP contribution in [0.2, 0.25) is 0 Å². The van der Waals surface area contributed by atoms with Crippen molar-refractivity contribution in [1.82, 2.24) is 0 Å². The normalized spacial score (nSPS) is 18.6. The van der Waals surface area contributed by atoms with E-state index in [0.717, 1.165) is 11.1 Å². The number of carbonyl (C=O) groups excluding carboxylic acids is 1. The third-order valence-corrected chi connectivity index (χ3v) is 7.04. The predicted molar refractivity (Wildman–Crippen MR) is 147 cm³/mol. The zero-order valence-electron chi connectivity index (χ0n) is 22.8. The minimum atomic E-state index is -1.64. The van der Waals surface area contributed by atoms with Crippen LogP contribution in [-0.2, 0) is 10.3 Å². The molecular formula is C31H41NO4. The average Bonchev–Trinajstić information content (AvgIpc) is 2.82. The van der Waals surface area contributed by atoms with E-state index in [9.17, 15) is 14.7 Å². The zero-order chi connectivity index (χ0) is 27.1. The van der Waals surface area contributed by atoms with Gasteiger partial charge in [-0.2, -0.15) is 0 Å². The van der Waals surface area contributed by atoms with Gasteiger partial charge in [-0.25, -0.2) is 4.79 Å². The van der Waals surface area contributed by atoms with Crippen LogP contribution < -0.4 is 10.5 Å². The summed E-state index contributed by atoms with van der Waals surface area (Å²) < 4.78 is 5.31. The molecule has 0 fully saturated rings. The summed E-state index contributed by atoms with van der Waals surface area (Å²) in [7, 11) is 1.45. The summed E-state index contributed by atoms with van der Waals surface area (Å²) in [5, 5.41) is 9.67. The lowest BCUT2D eigenvalue weighted by atomic mass is 9.72. The Kier molecular flexibility index (Phi) is 9.83. The number of carboxylic acid groups (broad SMARTS) is 1. The molecule has 2 rings (SSSR count). The minimum absolute atomic E-state index is 0.155. The van der Waals surface area contributed by atoms with Crippen molar-refractivity contribution in [1.29, 1.82) is 0 Å². The van der Waals surface area contributed by atoms with Crippen LogP contribution in [0, 0.1) is 5.41 Å². The van der Waals surface area contributed by atoms with Gasteiger partial charge in [-0.1, -0.05) is 62.3 Å². The van der Waals surface area contributed by atoms with Gasteiger partial charge >= 0.3 is 5.97 Å². The summed E-state index contributed by atoms with van der Waals surface area (Å²) >= 11 is 0. The van der Waals surface area contributed by atoms with Gasteiger partial charge in [0.2, 0.25) is 0 Å². The summed E-state index contributed by atoms with van der Waals surface area (Å²) in [6.45, 7) is 12.5. The predicted octanol–water partition coefficient (Wildman–Crippen LogP) is 7.06. The minimum Gasteiger partial charge on any atom is -0.496 e. The Morgan fingerprint density at radius 1 is 1.19 bits per heavy atom. The lowest BCUT2D eigenvalue weighted by Crippen LogP contribution is -2.44. The van der Waals surface area contributed by atoms with Crippen molar-refractivity contribution >= 4 is 11.8 Å². The van der Waals surface area contributed by atoms with Gasteiger partial charge in [0.05, 0.1) is 7.11 Å². The molecule has 1 aromatic rings. The fourth-order valence-corrected chi connectivity index (χ4v) is 4.64. The van der Waals surface area contributed by atoms with Crippen molar-refractivity contribution in [2.75, 3.05) is 7.11 Å². The first-order valence-electron chi connectivity index (χ1n) is 12.5. The molecule has 0 radical (unpaired) electrons. The Morgan fingerprint density at radius 2 is 1.89 bits per heavy atom. The highest BCUT2D eigenvalue weighted by molar-refractivity contribution is 6.05. The van der Waals surface area contributed by atoms with Crippen LogP contribution in [0.1, 0.15) is 83.1 Å². The lowest BCUT2D eigenvalue weighted by Gasteiger charge is -2.32. The molecule has 1 aliphatic rings. The quantitative estimate of drug-likeness (QED) is 0.208. The molecule has 1 unspecified atom stereocenters. The molecule has 0 spiro atoms. The van der Waals surface area contributed by atoms with Crippen molar-refractivity contribution < 1.29 is 19.4 Å². The molecule has 0 bridgehead atoms. The van der Waals surface area contributed by atoms with E-state index in [1.54, 1.807) is 19.1 Å². The van der Waals surface area contributed by atoms with Crippen LogP contribution in [0.15, 0.2) is 76.9 Å². The molecule has 3 N–H and O–H groups in total. The highest BCUT2D eigenvalue weighted by Crippen LogP contribution is 2.40. The molecule has 194 valence electrons. The van der Waals surface area contributed by atoms with E-state index in [1.807, 2.05) is 25.2 Å². The smallest absolute Gasteiger partial charge is 0.328 e. The molecule has 0 saturated heterocycles. The van der Waals surface area contributed by atoms with Gasteiger partial charge in [-0.15, -0.1) is 0 Å². The molecule has 0 amide bonds. The van der Waals surface area contributed by atoms with Crippen LogP contribution in [0.4, 0.5) is 0 Å². The Hall–Kier alpha value is -3.18. The topological polar surface area (TPSA) is 89.6 Å². The first-order chi connectivity index (χ1) is 16.9. The first kappa shape index (κ1) is 29.1. The lowest BCUT2D eigenvalue weighted by molar-refractivity contribution is -0.144. The van der Waals surface area contributed by atoms with Gasteiger partial charge in [-0.3, -0.25) is 4.79 Å². The summed E-state index contributed by atoms with van der Waals surface area (Å²) in [6.07, 6.45) is 15.5. The SMILES string of the molecule is CCC(N)(C(=O)O)c1cc(C(=O)/C=C(C)/C=C/C=C(C)/C=C/C2=C(C)CCCC2(C)C)ccc1OC. The summed E-state index contributed by atoms with van der Waals surface area (Å²) in [4.78, 5) is 24.7. The van der Waals surface area contributed by atoms with Crippen molar-refractivity contribution in [3.05, 3.63) is 88.1 Å². The largest absolute Gasteiger partial charge is 0.496 e. The van der Waals surface area contributed by atoms with Crippen molar-refractivity contribution in [2.45, 2.75) is 72.8 Å². The number of allylic oxidation sites excluding steroid dienone is 10. The average molecular weight is 492 g/mol. The molecule has 0 heterocycles. The molecule has 0 aromatic heterocycles. The number of ether oxygens (including phenoxy) is 1. The van der Waals surface area contributed by atoms with E-state index < -0.39 is 11.5 Å². The van der Waals surface area contributed by atoms with Gasteiger partial charge in [0.15, 0.2) is 5.78 Å². The second-order valence-corrected chi connectivity index (χ2v) is 10.3. The van der Waals surface area contributed by atoms with Gasteiger partial charge in [0, 0.05) is 11.1 Å². The molecule has 36 heavy (non-hydrogen) atoms. The second-order valence-electron chi connectivity index (χ2n) is 10.3. The molecule has 0 saturated carbocycles. The van der Waals surface area contributed by atoms with Crippen LogP contribution in [0.3, 0.4) is 0 Å². The highest BCUT2D eigenvalue weighted by atomic mass is 16.5. The monoisotopic (exact) mass is 491 g/mol. The Bertz CT molecular complexity index is 1150. The number of aliphatic carboxylic acids is 1. The number of benzene rings is 1. The fraction of sp³-hybridized carbons (Fsp3) is 0.419. The zero-order valence-corrected chi connectivity index (χ0v) is 22.8.